The predicted molar refractivity (Wildman–Crippen MR) is 136 cm³/mol. The normalized spacial score (nSPS) is 20.0. The molecular weight excluding hydrogens is 476 g/mol. The quantitative estimate of drug-likeness (QED) is 0.534. The summed E-state index contributed by atoms with van der Waals surface area (Å²) in [5.41, 5.74) is 1.72. The van der Waals surface area contributed by atoms with E-state index in [1.807, 2.05) is 50.4 Å². The van der Waals surface area contributed by atoms with Crippen molar-refractivity contribution >= 4 is 11.8 Å². The van der Waals surface area contributed by atoms with E-state index in [-0.39, 0.29) is 50.7 Å². The Bertz CT molecular complexity index is 1190. The smallest absolute Gasteiger partial charge is 0.275 e. The highest BCUT2D eigenvalue weighted by atomic mass is 16.5. The molecule has 0 aliphatic carbocycles. The number of carbonyl (C=O) groups excluding carboxylic acids is 2. The summed E-state index contributed by atoms with van der Waals surface area (Å²) in [6, 6.07) is 10.8. The Kier molecular flexibility index (Phi) is 8.67. The minimum Gasteiger partial charge on any atom is -0.394 e. The summed E-state index contributed by atoms with van der Waals surface area (Å²) in [5, 5.41) is 22.0. The van der Waals surface area contributed by atoms with Gasteiger partial charge in [-0.25, -0.2) is 0 Å². The van der Waals surface area contributed by atoms with Crippen LogP contribution >= 0.6 is 0 Å². The van der Waals surface area contributed by atoms with Gasteiger partial charge in [0.15, 0.2) is 11.5 Å². The van der Waals surface area contributed by atoms with Crippen molar-refractivity contribution in [1.29, 1.82) is 0 Å². The van der Waals surface area contributed by atoms with Gasteiger partial charge in [0.2, 0.25) is 5.91 Å². The third kappa shape index (κ3) is 6.60. The van der Waals surface area contributed by atoms with Crippen LogP contribution < -0.4 is 0 Å². The molecule has 1 aromatic carbocycles. The number of aryl methyl sites for hydroxylation is 1. The third-order valence-electron chi connectivity index (χ3n) is 6.63. The van der Waals surface area contributed by atoms with E-state index in [4.69, 9.17) is 9.26 Å². The van der Waals surface area contributed by atoms with Gasteiger partial charge in [0, 0.05) is 52.1 Å². The summed E-state index contributed by atoms with van der Waals surface area (Å²) < 4.78 is 13.3. The van der Waals surface area contributed by atoms with E-state index in [2.05, 4.69) is 15.5 Å². The van der Waals surface area contributed by atoms with E-state index < -0.39 is 6.10 Å². The first-order chi connectivity index (χ1) is 17.9. The van der Waals surface area contributed by atoms with Crippen molar-refractivity contribution in [3.05, 3.63) is 54.0 Å². The lowest BCUT2D eigenvalue weighted by molar-refractivity contribution is -0.136. The molecule has 2 aromatic heterocycles. The van der Waals surface area contributed by atoms with Crippen LogP contribution in [-0.2, 0) is 22.7 Å². The number of amides is 2. The second-order valence-corrected chi connectivity index (χ2v) is 9.61. The molecule has 11 heteroatoms. The average Bonchev–Trinajstić information content (AvgIpc) is 3.58. The lowest BCUT2D eigenvalue weighted by Crippen LogP contribution is -2.47. The molecular formula is C26H36N6O5. The number of ether oxygens (including phenoxy) is 1. The van der Waals surface area contributed by atoms with Crippen molar-refractivity contribution in [2.45, 2.75) is 52.0 Å². The Balaban J connectivity index is 0.00000400. The molecule has 3 aromatic rings. The van der Waals surface area contributed by atoms with E-state index in [9.17, 15) is 14.7 Å². The van der Waals surface area contributed by atoms with Gasteiger partial charge in [-0.05, 0) is 13.3 Å². The van der Waals surface area contributed by atoms with Gasteiger partial charge in [-0.3, -0.25) is 14.3 Å². The molecule has 3 atom stereocenters. The SMILES string of the molecule is C[C@H]1CN([C@@H](C)CO)C(=O)CCCn2cc(nn2)CO[C@H]1CN(C)C(=O)c1cc(-c2ccccc2)on1.[HH]. The zero-order valence-electron chi connectivity index (χ0n) is 21.5. The molecule has 0 saturated heterocycles. The van der Waals surface area contributed by atoms with Crippen molar-refractivity contribution in [3.63, 3.8) is 0 Å². The molecule has 2 amide bonds. The van der Waals surface area contributed by atoms with Crippen LogP contribution in [-0.4, -0.2) is 85.8 Å². The van der Waals surface area contributed by atoms with Gasteiger partial charge in [-0.2, -0.15) is 0 Å². The first-order valence-electron chi connectivity index (χ1n) is 12.5. The molecule has 200 valence electrons. The fourth-order valence-electron chi connectivity index (χ4n) is 4.36. The van der Waals surface area contributed by atoms with Crippen molar-refractivity contribution in [2.75, 3.05) is 26.7 Å². The van der Waals surface area contributed by atoms with Crippen LogP contribution in [0, 0.1) is 5.92 Å². The number of nitrogens with zero attached hydrogens (tertiary/aromatic N) is 6. The number of aliphatic hydroxyl groups is 1. The topological polar surface area (TPSA) is 127 Å². The Morgan fingerprint density at radius 2 is 2.11 bits per heavy atom. The Labute approximate surface area is 217 Å². The number of likely N-dealkylation sites (N-methyl/N-ethyl adjacent to an activating group) is 1. The third-order valence-corrected chi connectivity index (χ3v) is 6.63. The lowest BCUT2D eigenvalue weighted by Gasteiger charge is -2.35. The number of carbonyl (C=O) groups is 2. The van der Waals surface area contributed by atoms with Gasteiger partial charge >= 0.3 is 0 Å². The van der Waals surface area contributed by atoms with Gasteiger partial charge in [0.05, 0.1) is 31.6 Å². The van der Waals surface area contributed by atoms with E-state index in [1.54, 1.807) is 27.6 Å². The first-order valence-corrected chi connectivity index (χ1v) is 12.5. The van der Waals surface area contributed by atoms with Crippen LogP contribution in [0.25, 0.3) is 11.3 Å². The molecule has 0 saturated carbocycles. The molecule has 0 fully saturated rings. The zero-order chi connectivity index (χ0) is 26.4. The predicted octanol–water partition coefficient (Wildman–Crippen LogP) is 2.48. The van der Waals surface area contributed by atoms with E-state index >= 15 is 0 Å². The van der Waals surface area contributed by atoms with Crippen LogP contribution in [0.4, 0.5) is 0 Å². The molecule has 37 heavy (non-hydrogen) atoms. The number of aromatic nitrogens is 4. The molecule has 1 aliphatic rings. The van der Waals surface area contributed by atoms with Crippen molar-refractivity contribution in [3.8, 4) is 11.3 Å². The number of hydrogen-bond acceptors (Lipinski definition) is 8. The fourth-order valence-corrected chi connectivity index (χ4v) is 4.36. The van der Waals surface area contributed by atoms with Gasteiger partial charge in [0.25, 0.3) is 5.91 Å². The maximum Gasteiger partial charge on any atom is 0.275 e. The van der Waals surface area contributed by atoms with E-state index in [0.29, 0.717) is 37.4 Å². The van der Waals surface area contributed by atoms with Crippen molar-refractivity contribution < 1.29 is 25.4 Å². The number of fused-ring (bicyclic) bond motifs is 2. The van der Waals surface area contributed by atoms with E-state index in [0.717, 1.165) is 5.56 Å². The highest BCUT2D eigenvalue weighted by Crippen LogP contribution is 2.22. The van der Waals surface area contributed by atoms with E-state index in [1.165, 1.54) is 0 Å². The Hall–Kier alpha value is -3.57. The molecule has 0 spiro atoms. The minimum atomic E-state index is -0.415. The van der Waals surface area contributed by atoms with Gasteiger partial charge in [-0.15, -0.1) is 5.10 Å². The molecule has 1 N–H and O–H groups in total. The average molecular weight is 513 g/mol. The van der Waals surface area contributed by atoms with Crippen LogP contribution in [0.2, 0.25) is 0 Å². The molecule has 0 unspecified atom stereocenters. The summed E-state index contributed by atoms with van der Waals surface area (Å²) in [5.74, 6) is 0.0416. The summed E-state index contributed by atoms with van der Waals surface area (Å²) in [7, 11) is 1.69. The standard InChI is InChI=1S/C26H34N6O5.H2/c1-18-13-32(19(2)16-33)25(34)10-7-11-31-14-21(27-29-31)17-36-24(18)15-30(3)26(35)22-12-23(37-28-22)20-8-5-4-6-9-20;/h4-6,8-9,12,14,18-19,24,33H,7,10-11,13,15-17H2,1-3H3;1H/t18-,19-,24-;/m0./s1. The number of aliphatic hydroxyl groups excluding tert-OH is 1. The summed E-state index contributed by atoms with van der Waals surface area (Å²) in [6.45, 7) is 5.11. The number of benzene rings is 1. The second-order valence-electron chi connectivity index (χ2n) is 9.61. The molecule has 1 aliphatic heterocycles. The fraction of sp³-hybridized carbons (Fsp3) is 0.500. The number of rotatable bonds is 6. The van der Waals surface area contributed by atoms with Crippen molar-refractivity contribution in [2.24, 2.45) is 5.92 Å². The summed E-state index contributed by atoms with van der Waals surface area (Å²) in [4.78, 5) is 29.5. The Morgan fingerprint density at radius 1 is 1.32 bits per heavy atom. The van der Waals surface area contributed by atoms with Crippen LogP contribution in [0.15, 0.2) is 47.1 Å². The largest absolute Gasteiger partial charge is 0.394 e. The molecule has 3 heterocycles. The molecule has 11 nitrogen and oxygen atoms in total. The number of hydrogen-bond donors (Lipinski definition) is 1. The van der Waals surface area contributed by atoms with Crippen molar-refractivity contribution in [1.82, 2.24) is 30.0 Å². The minimum absolute atomic E-state index is 0. The molecule has 2 bridgehead atoms. The monoisotopic (exact) mass is 512 g/mol. The highest BCUT2D eigenvalue weighted by Gasteiger charge is 2.29. The lowest BCUT2D eigenvalue weighted by atomic mass is 10.0. The zero-order valence-corrected chi connectivity index (χ0v) is 21.5. The maximum absolute atomic E-state index is 13.2. The highest BCUT2D eigenvalue weighted by molar-refractivity contribution is 5.93. The van der Waals surface area contributed by atoms with Gasteiger partial charge in [0.1, 0.15) is 5.69 Å². The van der Waals surface area contributed by atoms with Crippen LogP contribution in [0.3, 0.4) is 0 Å². The molecule has 0 radical (unpaired) electrons. The molecule has 4 rings (SSSR count). The van der Waals surface area contributed by atoms with Crippen LogP contribution in [0.5, 0.6) is 0 Å². The summed E-state index contributed by atoms with van der Waals surface area (Å²) >= 11 is 0. The first kappa shape index (κ1) is 26.5. The van der Waals surface area contributed by atoms with Crippen LogP contribution in [0.1, 0.15) is 44.3 Å². The second kappa shape index (κ2) is 12.1. The van der Waals surface area contributed by atoms with Gasteiger partial charge in [-0.1, -0.05) is 47.6 Å². The summed E-state index contributed by atoms with van der Waals surface area (Å²) in [6.07, 6.45) is 2.36. The Morgan fingerprint density at radius 3 is 2.86 bits per heavy atom. The van der Waals surface area contributed by atoms with Gasteiger partial charge < -0.3 is 24.2 Å². The maximum atomic E-state index is 13.2.